The summed E-state index contributed by atoms with van der Waals surface area (Å²) in [5.74, 6) is -0.141. The molecule has 7 heteroatoms. The van der Waals surface area contributed by atoms with Crippen molar-refractivity contribution in [1.29, 1.82) is 0 Å². The Morgan fingerprint density at radius 3 is 3.10 bits per heavy atom. The van der Waals surface area contributed by atoms with Gasteiger partial charge in [-0.1, -0.05) is 0 Å². The number of hydrogen-bond donors (Lipinski definition) is 2. The van der Waals surface area contributed by atoms with Crippen molar-refractivity contribution in [3.05, 3.63) is 17.1 Å². The van der Waals surface area contributed by atoms with Gasteiger partial charge in [0.25, 0.3) is 5.91 Å². The number of carbonyl (C=O) groups is 1. The maximum Gasteiger partial charge on any atom is 0.263 e. The number of fused-ring (bicyclic) bond motifs is 1. The van der Waals surface area contributed by atoms with E-state index in [2.05, 4.69) is 15.5 Å². The minimum Gasteiger partial charge on any atom is -0.397 e. The van der Waals surface area contributed by atoms with Crippen molar-refractivity contribution in [2.24, 2.45) is 0 Å². The van der Waals surface area contributed by atoms with Crippen LogP contribution in [-0.2, 0) is 4.74 Å². The standard InChI is InChI=1S/C14H18N4O2S/c1-14(2)7-8(4-6-20-14)17-12(19)11-10(15)9-3-5-16-18-13(9)21-11/h3,5,8H,4,6-7,15H2,1-2H3,(H,17,19). The number of thiophene rings is 1. The second-order valence-corrected chi connectivity index (χ2v) is 6.87. The molecule has 3 rings (SSSR count). The lowest BCUT2D eigenvalue weighted by atomic mass is 9.94. The van der Waals surface area contributed by atoms with Crippen LogP contribution in [0.5, 0.6) is 0 Å². The fraction of sp³-hybridized carbons (Fsp3) is 0.500. The van der Waals surface area contributed by atoms with Gasteiger partial charge in [0.2, 0.25) is 0 Å². The highest BCUT2D eigenvalue weighted by atomic mass is 32.1. The molecule has 0 spiro atoms. The number of nitrogens with one attached hydrogen (secondary N) is 1. The summed E-state index contributed by atoms with van der Waals surface area (Å²) in [6.45, 7) is 4.73. The van der Waals surface area contributed by atoms with Crippen LogP contribution in [0, 0.1) is 0 Å². The predicted octanol–water partition coefficient (Wildman–Crippen LogP) is 1.96. The van der Waals surface area contributed by atoms with Gasteiger partial charge in [0.15, 0.2) is 0 Å². The molecule has 21 heavy (non-hydrogen) atoms. The molecule has 1 fully saturated rings. The third-order valence-corrected chi connectivity index (χ3v) is 4.76. The highest BCUT2D eigenvalue weighted by Crippen LogP contribution is 2.32. The molecule has 1 aliphatic rings. The lowest BCUT2D eigenvalue weighted by Crippen LogP contribution is -2.45. The van der Waals surface area contributed by atoms with Crippen LogP contribution < -0.4 is 11.1 Å². The highest BCUT2D eigenvalue weighted by molar-refractivity contribution is 7.21. The predicted molar refractivity (Wildman–Crippen MR) is 82.3 cm³/mol. The Hall–Kier alpha value is -1.73. The van der Waals surface area contributed by atoms with Crippen molar-refractivity contribution >= 4 is 33.1 Å². The zero-order valence-electron chi connectivity index (χ0n) is 12.0. The number of nitrogens with zero attached hydrogens (tertiary/aromatic N) is 2. The molecule has 6 nitrogen and oxygen atoms in total. The summed E-state index contributed by atoms with van der Waals surface area (Å²) in [5.41, 5.74) is 6.33. The highest BCUT2D eigenvalue weighted by Gasteiger charge is 2.30. The van der Waals surface area contributed by atoms with E-state index in [1.807, 2.05) is 13.8 Å². The Labute approximate surface area is 126 Å². The molecule has 0 bridgehead atoms. The first-order valence-electron chi connectivity index (χ1n) is 6.91. The fourth-order valence-corrected chi connectivity index (χ4v) is 3.59. The molecule has 2 aromatic rings. The zero-order chi connectivity index (χ0) is 15.0. The number of nitrogen functional groups attached to an aromatic ring is 1. The van der Waals surface area contributed by atoms with E-state index in [0.29, 0.717) is 22.0 Å². The van der Waals surface area contributed by atoms with Crippen LogP contribution in [0.3, 0.4) is 0 Å². The third kappa shape index (κ3) is 2.84. The van der Waals surface area contributed by atoms with Gasteiger partial charge < -0.3 is 15.8 Å². The molecule has 0 saturated carbocycles. The Morgan fingerprint density at radius 1 is 1.57 bits per heavy atom. The summed E-state index contributed by atoms with van der Waals surface area (Å²) < 4.78 is 5.66. The lowest BCUT2D eigenvalue weighted by molar-refractivity contribution is -0.0615. The number of ether oxygens (including phenoxy) is 1. The molecular formula is C14H18N4O2S. The van der Waals surface area contributed by atoms with E-state index in [0.717, 1.165) is 18.2 Å². The smallest absolute Gasteiger partial charge is 0.263 e. The summed E-state index contributed by atoms with van der Waals surface area (Å²) in [6.07, 6.45) is 3.19. The molecular weight excluding hydrogens is 288 g/mol. The number of amides is 1. The molecule has 1 unspecified atom stereocenters. The van der Waals surface area contributed by atoms with Gasteiger partial charge in [-0.3, -0.25) is 4.79 Å². The van der Waals surface area contributed by atoms with E-state index >= 15 is 0 Å². The maximum absolute atomic E-state index is 12.4. The van der Waals surface area contributed by atoms with Crippen molar-refractivity contribution < 1.29 is 9.53 Å². The number of anilines is 1. The first-order chi connectivity index (χ1) is 9.96. The average Bonchev–Trinajstić information content (AvgIpc) is 2.76. The minimum absolute atomic E-state index is 0.108. The normalized spacial score (nSPS) is 21.3. The average molecular weight is 306 g/mol. The monoisotopic (exact) mass is 306 g/mol. The van der Waals surface area contributed by atoms with E-state index in [9.17, 15) is 4.79 Å². The van der Waals surface area contributed by atoms with Gasteiger partial charge in [0, 0.05) is 18.0 Å². The second-order valence-electron chi connectivity index (χ2n) is 5.87. The van der Waals surface area contributed by atoms with Gasteiger partial charge in [0.1, 0.15) is 9.71 Å². The van der Waals surface area contributed by atoms with Crippen LogP contribution >= 0.6 is 11.3 Å². The number of nitrogens with two attached hydrogens (primary N) is 1. The quantitative estimate of drug-likeness (QED) is 0.885. The zero-order valence-corrected chi connectivity index (χ0v) is 12.9. The molecule has 0 aliphatic carbocycles. The maximum atomic E-state index is 12.4. The largest absolute Gasteiger partial charge is 0.397 e. The van der Waals surface area contributed by atoms with E-state index in [1.54, 1.807) is 12.3 Å². The van der Waals surface area contributed by atoms with Crippen molar-refractivity contribution in [2.45, 2.75) is 38.3 Å². The number of aromatic nitrogens is 2. The van der Waals surface area contributed by atoms with Crippen molar-refractivity contribution in [2.75, 3.05) is 12.3 Å². The Bertz CT molecular complexity index is 683. The fourth-order valence-electron chi connectivity index (χ4n) is 2.65. The summed E-state index contributed by atoms with van der Waals surface area (Å²) in [6, 6.07) is 1.89. The van der Waals surface area contributed by atoms with Gasteiger partial charge in [-0.15, -0.1) is 16.4 Å². The Kier molecular flexibility index (Phi) is 3.54. The van der Waals surface area contributed by atoms with Crippen LogP contribution in [-0.4, -0.2) is 34.4 Å². The van der Waals surface area contributed by atoms with Crippen LogP contribution in [0.15, 0.2) is 12.3 Å². The van der Waals surface area contributed by atoms with Gasteiger partial charge in [0.05, 0.1) is 17.5 Å². The van der Waals surface area contributed by atoms with E-state index in [1.165, 1.54) is 11.3 Å². The topological polar surface area (TPSA) is 90.1 Å². The molecule has 0 radical (unpaired) electrons. The summed E-state index contributed by atoms with van der Waals surface area (Å²) in [5, 5.41) is 11.7. The Morgan fingerprint density at radius 2 is 2.38 bits per heavy atom. The second kappa shape index (κ2) is 5.23. The molecule has 3 heterocycles. The van der Waals surface area contributed by atoms with Gasteiger partial charge in [-0.2, -0.15) is 5.10 Å². The van der Waals surface area contributed by atoms with Gasteiger partial charge >= 0.3 is 0 Å². The molecule has 3 N–H and O–H groups in total. The summed E-state index contributed by atoms with van der Waals surface area (Å²) >= 11 is 1.28. The van der Waals surface area contributed by atoms with Crippen LogP contribution in [0.25, 0.3) is 10.2 Å². The first kappa shape index (κ1) is 14.2. The molecule has 1 aliphatic heterocycles. The Balaban J connectivity index is 1.79. The van der Waals surface area contributed by atoms with E-state index in [-0.39, 0.29) is 17.6 Å². The first-order valence-corrected chi connectivity index (χ1v) is 7.72. The van der Waals surface area contributed by atoms with Crippen LogP contribution in [0.4, 0.5) is 5.69 Å². The molecule has 1 amide bonds. The lowest BCUT2D eigenvalue weighted by Gasteiger charge is -2.35. The summed E-state index contributed by atoms with van der Waals surface area (Å²) in [7, 11) is 0. The molecule has 0 aromatic carbocycles. The van der Waals surface area contributed by atoms with Crippen molar-refractivity contribution in [1.82, 2.24) is 15.5 Å². The van der Waals surface area contributed by atoms with Crippen LogP contribution in [0.2, 0.25) is 0 Å². The van der Waals surface area contributed by atoms with E-state index in [4.69, 9.17) is 10.5 Å². The van der Waals surface area contributed by atoms with Crippen molar-refractivity contribution in [3.8, 4) is 0 Å². The molecule has 1 atom stereocenters. The number of carbonyl (C=O) groups excluding carboxylic acids is 1. The minimum atomic E-state index is -0.201. The van der Waals surface area contributed by atoms with Crippen LogP contribution in [0.1, 0.15) is 36.4 Å². The molecule has 1 saturated heterocycles. The molecule has 112 valence electrons. The number of rotatable bonds is 2. The third-order valence-electron chi connectivity index (χ3n) is 3.66. The van der Waals surface area contributed by atoms with Gasteiger partial charge in [-0.05, 0) is 32.8 Å². The molecule has 2 aromatic heterocycles. The SMILES string of the molecule is CC1(C)CC(NC(=O)c2sc3nnccc3c2N)CCO1. The number of hydrogen-bond acceptors (Lipinski definition) is 6. The summed E-state index contributed by atoms with van der Waals surface area (Å²) in [4.78, 5) is 13.6. The van der Waals surface area contributed by atoms with Crippen molar-refractivity contribution in [3.63, 3.8) is 0 Å². The van der Waals surface area contributed by atoms with E-state index < -0.39 is 0 Å². The van der Waals surface area contributed by atoms with Gasteiger partial charge in [-0.25, -0.2) is 0 Å².